The molecule has 0 spiro atoms. The molecule has 6 heteroatoms. The van der Waals surface area contributed by atoms with Gasteiger partial charge in [0.05, 0.1) is 20.1 Å². The highest BCUT2D eigenvalue weighted by Gasteiger charge is 2.27. The molecular weight excluding hydrogens is 428 g/mol. The number of hydrogen-bond donors (Lipinski definition) is 2. The summed E-state index contributed by atoms with van der Waals surface area (Å²) in [6.45, 7) is 3.85. The summed E-state index contributed by atoms with van der Waals surface area (Å²) in [6.07, 6.45) is 1.17. The van der Waals surface area contributed by atoms with E-state index in [1.807, 2.05) is 13.8 Å². The van der Waals surface area contributed by atoms with Gasteiger partial charge >= 0.3 is 0 Å². The Kier molecular flexibility index (Phi) is 4.96. The Balaban J connectivity index is 2.67. The van der Waals surface area contributed by atoms with Gasteiger partial charge in [-0.05, 0) is 67.3 Å². The van der Waals surface area contributed by atoms with Crippen molar-refractivity contribution in [3.63, 3.8) is 0 Å². The summed E-state index contributed by atoms with van der Waals surface area (Å²) in [4.78, 5) is 22.3. The fourth-order valence-corrected chi connectivity index (χ4v) is 3.26. The topological polar surface area (TPSA) is 74.6 Å². The number of rotatable bonds is 4. The van der Waals surface area contributed by atoms with Crippen molar-refractivity contribution in [2.45, 2.75) is 19.3 Å². The van der Waals surface area contributed by atoms with Crippen molar-refractivity contribution in [3.8, 4) is 11.5 Å². The third-order valence-electron chi connectivity index (χ3n) is 3.88. The van der Waals surface area contributed by atoms with Crippen LogP contribution in [0.1, 0.15) is 45.7 Å². The first-order valence-corrected chi connectivity index (χ1v) is 8.27. The maximum atomic E-state index is 11.1. The molecule has 0 fully saturated rings. The molecule has 0 heterocycles. The first-order valence-electron chi connectivity index (χ1n) is 6.68. The van der Waals surface area contributed by atoms with E-state index in [9.17, 15) is 19.8 Å². The van der Waals surface area contributed by atoms with Crippen molar-refractivity contribution in [3.05, 3.63) is 55.5 Å². The highest BCUT2D eigenvalue weighted by molar-refractivity contribution is 9.10. The van der Waals surface area contributed by atoms with Crippen molar-refractivity contribution < 1.29 is 19.8 Å². The number of hydrogen-bond acceptors (Lipinski definition) is 4. The molecule has 0 aliphatic carbocycles. The van der Waals surface area contributed by atoms with E-state index in [1.54, 1.807) is 24.3 Å². The molecule has 2 aromatic carbocycles. The molecule has 2 aromatic rings. The maximum absolute atomic E-state index is 11.1. The lowest BCUT2D eigenvalue weighted by molar-refractivity contribution is 0.111. The summed E-state index contributed by atoms with van der Waals surface area (Å²) in [6, 6.07) is 6.66. The average Bonchev–Trinajstić information content (AvgIpc) is 2.52. The first-order chi connectivity index (χ1) is 10.7. The summed E-state index contributed by atoms with van der Waals surface area (Å²) >= 11 is 6.49. The fourth-order valence-electron chi connectivity index (χ4n) is 2.31. The van der Waals surface area contributed by atoms with E-state index in [4.69, 9.17) is 0 Å². The van der Waals surface area contributed by atoms with Gasteiger partial charge in [0.1, 0.15) is 11.5 Å². The summed E-state index contributed by atoms with van der Waals surface area (Å²) in [5.74, 6) is -0.222. The van der Waals surface area contributed by atoms with Crippen molar-refractivity contribution in [2.75, 3.05) is 0 Å². The van der Waals surface area contributed by atoms with E-state index in [0.717, 1.165) is 11.1 Å². The Bertz CT molecular complexity index is 732. The van der Waals surface area contributed by atoms with Crippen LogP contribution in [0.15, 0.2) is 33.2 Å². The standard InChI is InChI=1S/C17H14Br2O4/c1-17(2,11-3-9(7-20)15(22)13(18)5-11)12-4-10(8-21)16(23)14(19)6-12/h3-8,22-23H,1-2H3. The number of benzene rings is 2. The quantitative estimate of drug-likeness (QED) is 0.681. The summed E-state index contributed by atoms with van der Waals surface area (Å²) in [7, 11) is 0. The lowest BCUT2D eigenvalue weighted by atomic mass is 9.77. The van der Waals surface area contributed by atoms with E-state index in [2.05, 4.69) is 31.9 Å². The number of carbonyl (C=O) groups excluding carboxylic acids is 2. The second-order valence-corrected chi connectivity index (χ2v) is 7.36. The molecule has 0 bridgehead atoms. The van der Waals surface area contributed by atoms with Crippen LogP contribution in [-0.4, -0.2) is 22.8 Å². The number of aldehydes is 2. The molecule has 0 saturated carbocycles. The molecule has 0 amide bonds. The second kappa shape index (κ2) is 6.45. The molecule has 0 aliphatic rings. The third-order valence-corrected chi connectivity index (χ3v) is 5.09. The van der Waals surface area contributed by atoms with Gasteiger partial charge in [0, 0.05) is 5.41 Å². The van der Waals surface area contributed by atoms with Gasteiger partial charge in [0.2, 0.25) is 0 Å². The average molecular weight is 442 g/mol. The van der Waals surface area contributed by atoms with Gasteiger partial charge in [-0.1, -0.05) is 13.8 Å². The Labute approximate surface area is 150 Å². The normalized spacial score (nSPS) is 11.3. The zero-order valence-corrected chi connectivity index (χ0v) is 15.6. The molecule has 0 aromatic heterocycles. The lowest BCUT2D eigenvalue weighted by Crippen LogP contribution is -2.19. The molecular formula is C17H14Br2O4. The minimum absolute atomic E-state index is 0.111. The van der Waals surface area contributed by atoms with Gasteiger partial charge in [0.25, 0.3) is 0 Å². The highest BCUT2D eigenvalue weighted by Crippen LogP contribution is 2.40. The maximum Gasteiger partial charge on any atom is 0.153 e. The largest absolute Gasteiger partial charge is 0.506 e. The monoisotopic (exact) mass is 440 g/mol. The smallest absolute Gasteiger partial charge is 0.153 e. The van der Waals surface area contributed by atoms with Gasteiger partial charge in [-0.25, -0.2) is 0 Å². The van der Waals surface area contributed by atoms with E-state index >= 15 is 0 Å². The SMILES string of the molecule is CC(C)(c1cc(Br)c(O)c(C=O)c1)c1cc(Br)c(O)c(C=O)c1. The first kappa shape index (κ1) is 17.7. The van der Waals surface area contributed by atoms with Gasteiger partial charge in [0.15, 0.2) is 12.6 Å². The predicted octanol–water partition coefficient (Wildman–Crippen LogP) is 4.57. The van der Waals surface area contributed by atoms with Crippen molar-refractivity contribution in [2.24, 2.45) is 0 Å². The molecule has 2 rings (SSSR count). The van der Waals surface area contributed by atoms with Crippen molar-refractivity contribution in [1.29, 1.82) is 0 Å². The molecule has 0 atom stereocenters. The molecule has 4 nitrogen and oxygen atoms in total. The van der Waals surface area contributed by atoms with Crippen LogP contribution in [0.25, 0.3) is 0 Å². The van der Waals surface area contributed by atoms with Gasteiger partial charge in [-0.2, -0.15) is 0 Å². The minimum Gasteiger partial charge on any atom is -0.506 e. The van der Waals surface area contributed by atoms with Crippen LogP contribution in [0, 0.1) is 0 Å². The van der Waals surface area contributed by atoms with E-state index in [-0.39, 0.29) is 22.6 Å². The minimum atomic E-state index is -0.567. The Morgan fingerprint density at radius 2 is 1.17 bits per heavy atom. The predicted molar refractivity (Wildman–Crippen MR) is 94.5 cm³/mol. The molecule has 0 aliphatic heterocycles. The van der Waals surface area contributed by atoms with Gasteiger partial charge in [-0.15, -0.1) is 0 Å². The second-order valence-electron chi connectivity index (χ2n) is 5.65. The highest BCUT2D eigenvalue weighted by atomic mass is 79.9. The number of halogens is 2. The molecule has 23 heavy (non-hydrogen) atoms. The zero-order valence-electron chi connectivity index (χ0n) is 12.4. The summed E-state index contributed by atoms with van der Waals surface area (Å²) in [5, 5.41) is 19.7. The molecule has 120 valence electrons. The van der Waals surface area contributed by atoms with Crippen molar-refractivity contribution >= 4 is 44.4 Å². The van der Waals surface area contributed by atoms with Crippen LogP contribution in [0.4, 0.5) is 0 Å². The fraction of sp³-hybridized carbons (Fsp3) is 0.176. The number of carbonyl (C=O) groups is 2. The lowest BCUT2D eigenvalue weighted by Gasteiger charge is -2.27. The Hall–Kier alpha value is -1.66. The van der Waals surface area contributed by atoms with Crippen LogP contribution in [0.5, 0.6) is 11.5 Å². The molecule has 0 saturated heterocycles. The van der Waals surface area contributed by atoms with Gasteiger partial charge < -0.3 is 10.2 Å². The summed E-state index contributed by atoms with van der Waals surface area (Å²) in [5.41, 5.74) is 1.34. The number of phenols is 2. The van der Waals surface area contributed by atoms with Crippen LogP contribution >= 0.6 is 31.9 Å². The van der Waals surface area contributed by atoms with E-state index in [0.29, 0.717) is 21.5 Å². The molecule has 2 N–H and O–H groups in total. The van der Waals surface area contributed by atoms with E-state index < -0.39 is 5.41 Å². The van der Waals surface area contributed by atoms with Crippen molar-refractivity contribution in [1.82, 2.24) is 0 Å². The Morgan fingerprint density at radius 3 is 1.48 bits per heavy atom. The van der Waals surface area contributed by atoms with Gasteiger partial charge in [-0.3, -0.25) is 9.59 Å². The molecule has 0 unspecified atom stereocenters. The van der Waals surface area contributed by atoms with Crippen LogP contribution < -0.4 is 0 Å². The number of phenolic OH excluding ortho intramolecular Hbond substituents is 2. The van der Waals surface area contributed by atoms with Crippen LogP contribution in [0.3, 0.4) is 0 Å². The van der Waals surface area contributed by atoms with Crippen LogP contribution in [0.2, 0.25) is 0 Å². The number of aromatic hydroxyl groups is 2. The van der Waals surface area contributed by atoms with Crippen LogP contribution in [-0.2, 0) is 5.41 Å². The third kappa shape index (κ3) is 3.19. The Morgan fingerprint density at radius 1 is 0.826 bits per heavy atom. The zero-order chi connectivity index (χ0) is 17.4. The molecule has 0 radical (unpaired) electrons. The van der Waals surface area contributed by atoms with E-state index in [1.165, 1.54) is 0 Å². The summed E-state index contributed by atoms with van der Waals surface area (Å²) < 4.78 is 0.831.